The number of methoxy groups -OCH3 is 1. The second-order valence-corrected chi connectivity index (χ2v) is 8.90. The summed E-state index contributed by atoms with van der Waals surface area (Å²) in [5.41, 5.74) is 3.17. The Balaban J connectivity index is 1.61. The van der Waals surface area contributed by atoms with Crippen LogP contribution in [0.4, 0.5) is 0 Å². The summed E-state index contributed by atoms with van der Waals surface area (Å²) < 4.78 is 5.50. The number of fused-ring (bicyclic) bond motifs is 4. The van der Waals surface area contributed by atoms with Crippen LogP contribution in [-0.4, -0.2) is 42.6 Å². The molecule has 2 bridgehead atoms. The maximum Gasteiger partial charge on any atom is 0.119 e. The average molecular weight is 332 g/mol. The molecule has 3 atom stereocenters. The Morgan fingerprint density at radius 2 is 2.17 bits per heavy atom. The van der Waals surface area contributed by atoms with Crippen molar-refractivity contribution in [3.63, 3.8) is 0 Å². The molecule has 0 radical (unpaired) electrons. The molecule has 1 saturated carbocycles. The van der Waals surface area contributed by atoms with E-state index in [4.69, 9.17) is 4.74 Å². The molecule has 2 fully saturated rings. The number of likely N-dealkylation sites (tertiary alicyclic amines) is 1. The first kappa shape index (κ1) is 15.8. The van der Waals surface area contributed by atoms with Gasteiger partial charge < -0.3 is 4.74 Å². The molecule has 1 aliphatic heterocycles. The molecule has 0 spiro atoms. The maximum atomic E-state index is 5.50. The molecule has 4 rings (SSSR count). The number of thioether (sulfide) groups is 1. The number of hydrogen-bond acceptors (Lipinski definition) is 3. The zero-order chi connectivity index (χ0) is 15.8. The van der Waals surface area contributed by atoms with E-state index in [1.165, 1.54) is 50.3 Å². The third-order valence-corrected chi connectivity index (χ3v) is 7.09. The van der Waals surface area contributed by atoms with Gasteiger partial charge in [0.25, 0.3) is 0 Å². The summed E-state index contributed by atoms with van der Waals surface area (Å²) in [5.74, 6) is 6.13. The summed E-state index contributed by atoms with van der Waals surface area (Å²) in [6.45, 7) is 4.96. The van der Waals surface area contributed by atoms with Gasteiger partial charge >= 0.3 is 0 Å². The van der Waals surface area contributed by atoms with E-state index in [9.17, 15) is 0 Å². The lowest BCUT2D eigenvalue weighted by molar-refractivity contribution is 0.0841. The van der Waals surface area contributed by atoms with E-state index in [0.717, 1.165) is 29.5 Å². The van der Waals surface area contributed by atoms with Gasteiger partial charge in [0.05, 0.1) is 7.11 Å². The molecule has 3 heteroatoms. The van der Waals surface area contributed by atoms with Gasteiger partial charge in [-0.15, -0.1) is 0 Å². The molecule has 0 unspecified atom stereocenters. The van der Waals surface area contributed by atoms with Crippen LogP contribution in [0.15, 0.2) is 18.2 Å². The van der Waals surface area contributed by atoms with E-state index in [1.807, 2.05) is 0 Å². The fourth-order valence-corrected chi connectivity index (χ4v) is 5.46. The first-order valence-electron chi connectivity index (χ1n) is 9.27. The largest absolute Gasteiger partial charge is 0.497 e. The minimum Gasteiger partial charge on any atom is -0.497 e. The van der Waals surface area contributed by atoms with Crippen LogP contribution in [0.5, 0.6) is 5.75 Å². The zero-order valence-electron chi connectivity index (χ0n) is 14.5. The molecular formula is C20H29NOS. The topological polar surface area (TPSA) is 12.5 Å². The summed E-state index contributed by atoms with van der Waals surface area (Å²) in [6, 6.07) is 7.60. The number of piperidine rings is 1. The van der Waals surface area contributed by atoms with E-state index in [-0.39, 0.29) is 0 Å². The summed E-state index contributed by atoms with van der Waals surface area (Å²) in [4.78, 5) is 2.85. The van der Waals surface area contributed by atoms with Crippen LogP contribution in [0, 0.1) is 11.8 Å². The summed E-state index contributed by atoms with van der Waals surface area (Å²) in [6.07, 6.45) is 5.54. The fourth-order valence-electron chi connectivity index (χ4n) is 4.58. The highest BCUT2D eigenvalue weighted by Crippen LogP contribution is 2.46. The van der Waals surface area contributed by atoms with E-state index in [2.05, 4.69) is 41.8 Å². The van der Waals surface area contributed by atoms with Crippen molar-refractivity contribution in [2.75, 3.05) is 31.7 Å². The smallest absolute Gasteiger partial charge is 0.119 e. The number of hydrogen-bond donors (Lipinski definition) is 0. The quantitative estimate of drug-likeness (QED) is 0.775. The standard InChI is InChI=1S/C20H29NOS/c1-3-23-13-16-12-21(11-14-4-5-14)17-8-15-6-7-18(22-2)10-20(15)19(16)9-17/h6-7,10,14,16-17,19H,3-5,8-9,11-13H2,1-2H3/t16-,17-,19+/m1/s1. The highest BCUT2D eigenvalue weighted by atomic mass is 32.2. The maximum absolute atomic E-state index is 5.50. The van der Waals surface area contributed by atoms with Crippen molar-refractivity contribution in [3.05, 3.63) is 29.3 Å². The highest BCUT2D eigenvalue weighted by molar-refractivity contribution is 7.99. The molecule has 1 saturated heterocycles. The molecule has 1 heterocycles. The molecular weight excluding hydrogens is 302 g/mol. The number of ether oxygens (including phenoxy) is 1. The summed E-state index contributed by atoms with van der Waals surface area (Å²) in [5, 5.41) is 0. The SMILES string of the molecule is CCSC[C@H]1CN(CC2CC2)[C@@H]2Cc3ccc(OC)cc3[C@H]1C2. The van der Waals surface area contributed by atoms with Crippen molar-refractivity contribution in [1.82, 2.24) is 4.90 Å². The minimum atomic E-state index is 0.744. The molecule has 0 N–H and O–H groups in total. The van der Waals surface area contributed by atoms with Gasteiger partial charge in [0.2, 0.25) is 0 Å². The highest BCUT2D eigenvalue weighted by Gasteiger charge is 2.42. The number of nitrogens with zero attached hydrogens (tertiary/aromatic N) is 1. The molecule has 0 amide bonds. The van der Waals surface area contributed by atoms with Crippen molar-refractivity contribution in [3.8, 4) is 5.75 Å². The Morgan fingerprint density at radius 3 is 2.91 bits per heavy atom. The van der Waals surface area contributed by atoms with Crippen LogP contribution in [0.1, 0.15) is 43.2 Å². The lowest BCUT2D eigenvalue weighted by atomic mass is 9.70. The van der Waals surface area contributed by atoms with Gasteiger partial charge in [-0.1, -0.05) is 13.0 Å². The van der Waals surface area contributed by atoms with E-state index < -0.39 is 0 Å². The van der Waals surface area contributed by atoms with Gasteiger partial charge in [-0.25, -0.2) is 0 Å². The molecule has 2 nitrogen and oxygen atoms in total. The normalized spacial score (nSPS) is 30.1. The van der Waals surface area contributed by atoms with Gasteiger partial charge in [-0.3, -0.25) is 4.90 Å². The van der Waals surface area contributed by atoms with Gasteiger partial charge in [0.1, 0.15) is 5.75 Å². The minimum absolute atomic E-state index is 0.744. The van der Waals surface area contributed by atoms with Crippen molar-refractivity contribution >= 4 is 11.8 Å². The second kappa shape index (κ2) is 6.68. The van der Waals surface area contributed by atoms with E-state index >= 15 is 0 Å². The van der Waals surface area contributed by atoms with Crippen LogP contribution in [0.2, 0.25) is 0 Å². The summed E-state index contributed by atoms with van der Waals surface area (Å²) in [7, 11) is 1.79. The molecule has 23 heavy (non-hydrogen) atoms. The van der Waals surface area contributed by atoms with Crippen molar-refractivity contribution in [2.45, 2.75) is 44.6 Å². The van der Waals surface area contributed by atoms with E-state index in [0.29, 0.717) is 0 Å². The van der Waals surface area contributed by atoms with E-state index in [1.54, 1.807) is 18.2 Å². The Labute approximate surface area is 145 Å². The lowest BCUT2D eigenvalue weighted by Crippen LogP contribution is -2.51. The fraction of sp³-hybridized carbons (Fsp3) is 0.700. The molecule has 3 aliphatic rings. The Kier molecular flexibility index (Phi) is 4.60. The van der Waals surface area contributed by atoms with Gasteiger partial charge in [0, 0.05) is 19.1 Å². The van der Waals surface area contributed by atoms with Crippen molar-refractivity contribution < 1.29 is 4.74 Å². The monoisotopic (exact) mass is 331 g/mol. The predicted octanol–water partition coefficient (Wildman–Crippen LogP) is 4.19. The molecule has 126 valence electrons. The first-order chi connectivity index (χ1) is 11.3. The first-order valence-corrected chi connectivity index (χ1v) is 10.4. The van der Waals surface area contributed by atoms with Gasteiger partial charge in [-0.05, 0) is 78.2 Å². The average Bonchev–Trinajstić information content (AvgIpc) is 3.39. The third-order valence-electron chi connectivity index (χ3n) is 6.01. The molecule has 1 aromatic carbocycles. The molecule has 2 aliphatic carbocycles. The van der Waals surface area contributed by atoms with Crippen LogP contribution >= 0.6 is 11.8 Å². The second-order valence-electron chi connectivity index (χ2n) is 7.58. The molecule has 1 aromatic rings. The van der Waals surface area contributed by atoms with Crippen LogP contribution in [0.25, 0.3) is 0 Å². The number of benzene rings is 1. The summed E-state index contributed by atoms with van der Waals surface area (Å²) >= 11 is 2.12. The molecule has 0 aromatic heterocycles. The van der Waals surface area contributed by atoms with Crippen LogP contribution in [-0.2, 0) is 6.42 Å². The Hall–Kier alpha value is -0.670. The van der Waals surface area contributed by atoms with Crippen LogP contribution in [0.3, 0.4) is 0 Å². The number of rotatable bonds is 6. The van der Waals surface area contributed by atoms with Gasteiger partial charge in [0.15, 0.2) is 0 Å². The third kappa shape index (κ3) is 3.28. The zero-order valence-corrected chi connectivity index (χ0v) is 15.3. The lowest BCUT2D eigenvalue weighted by Gasteiger charge is -2.48. The van der Waals surface area contributed by atoms with Gasteiger partial charge in [-0.2, -0.15) is 11.8 Å². The van der Waals surface area contributed by atoms with Crippen molar-refractivity contribution in [2.24, 2.45) is 11.8 Å². The predicted molar refractivity (Wildman–Crippen MR) is 98.6 cm³/mol. The Bertz CT molecular complexity index is 557. The van der Waals surface area contributed by atoms with Crippen LogP contribution < -0.4 is 4.74 Å². The Morgan fingerprint density at radius 1 is 1.30 bits per heavy atom. The van der Waals surface area contributed by atoms with Crippen molar-refractivity contribution in [1.29, 1.82) is 0 Å².